The third kappa shape index (κ3) is 4.26. The largest absolute Gasteiger partial charge is 0.497 e. The van der Waals surface area contributed by atoms with Gasteiger partial charge in [-0.25, -0.2) is 18.7 Å². The number of alkyl halides is 2. The Balaban J connectivity index is 1.57. The van der Waals surface area contributed by atoms with Gasteiger partial charge >= 0.3 is 0 Å². The predicted molar refractivity (Wildman–Crippen MR) is 131 cm³/mol. The highest BCUT2D eigenvalue weighted by Crippen LogP contribution is 2.44. The molecule has 0 spiro atoms. The molecule has 0 bridgehead atoms. The lowest BCUT2D eigenvalue weighted by molar-refractivity contribution is 0.0143. The number of fused-ring (bicyclic) bond motifs is 2. The van der Waals surface area contributed by atoms with Gasteiger partial charge in [0.15, 0.2) is 17.3 Å². The smallest absolute Gasteiger partial charge is 0.231 e. The van der Waals surface area contributed by atoms with E-state index in [1.807, 2.05) is 34.4 Å². The van der Waals surface area contributed by atoms with Crippen LogP contribution < -0.4 is 24.3 Å². The first-order valence-electron chi connectivity index (χ1n) is 10.8. The van der Waals surface area contributed by atoms with Gasteiger partial charge in [-0.3, -0.25) is 4.90 Å². The van der Waals surface area contributed by atoms with Crippen molar-refractivity contribution in [1.29, 1.82) is 0 Å². The van der Waals surface area contributed by atoms with E-state index < -0.39 is 15.6 Å². The second-order valence-electron chi connectivity index (χ2n) is 8.05. The number of methoxy groups -OCH3 is 1. The van der Waals surface area contributed by atoms with Gasteiger partial charge in [-0.1, -0.05) is 6.92 Å². The lowest BCUT2D eigenvalue weighted by atomic mass is 10.1. The molecule has 3 heterocycles. The molecule has 1 N–H and O–H groups in total. The first-order chi connectivity index (χ1) is 16.4. The van der Waals surface area contributed by atoms with Crippen LogP contribution in [0.3, 0.4) is 0 Å². The molecule has 1 fully saturated rings. The zero-order valence-corrected chi connectivity index (χ0v) is 20.8. The Morgan fingerprint density at radius 3 is 2.91 bits per heavy atom. The number of halogens is 3. The van der Waals surface area contributed by atoms with Crippen molar-refractivity contribution in [2.45, 2.75) is 23.1 Å². The minimum Gasteiger partial charge on any atom is -0.497 e. The van der Waals surface area contributed by atoms with Crippen LogP contribution in [0.1, 0.15) is 13.3 Å². The summed E-state index contributed by atoms with van der Waals surface area (Å²) in [7, 11) is 1.53. The molecule has 180 valence electrons. The van der Waals surface area contributed by atoms with Gasteiger partial charge in [0, 0.05) is 31.6 Å². The number of hydrogen-bond donors (Lipinski definition) is 1. The zero-order chi connectivity index (χ0) is 23.9. The van der Waals surface area contributed by atoms with Crippen LogP contribution in [0, 0.1) is 5.82 Å². The fraction of sp³-hybridized carbons (Fsp3) is 0.391. The molecule has 1 saturated heterocycles. The standard InChI is InChI=1S/C23H23F2IN4O4/c1-3-30-7-6-18(23(25,26)10-30)34-17-9-13(31-2)8-15-19(17)22(28-11-27-15)29-20-14(24)4-5-16-21(20)33-12-32-16/h4-5,8-9,11,18H,3,6-7,10,12H2,1-2H3,(H,27,28,29). The van der Waals surface area contributed by atoms with Crippen LogP contribution in [0.15, 0.2) is 30.6 Å². The van der Waals surface area contributed by atoms with Gasteiger partial charge in [0.1, 0.15) is 35.4 Å². The SMILES string of the molecule is CCN1CCC(Oc2cc(OC)cc3ncnc(Nc4c(F)ccc5c4OCO5)c23)C(F)(I)C1. The van der Waals surface area contributed by atoms with E-state index in [4.69, 9.17) is 18.9 Å². The summed E-state index contributed by atoms with van der Waals surface area (Å²) in [5.74, 6) is 1.28. The molecule has 0 saturated carbocycles. The minimum absolute atomic E-state index is 0.00571. The van der Waals surface area contributed by atoms with Crippen molar-refractivity contribution >= 4 is 45.0 Å². The van der Waals surface area contributed by atoms with Gasteiger partial charge < -0.3 is 24.3 Å². The number of hydrogen-bond acceptors (Lipinski definition) is 8. The van der Waals surface area contributed by atoms with Crippen molar-refractivity contribution in [2.75, 3.05) is 38.9 Å². The summed E-state index contributed by atoms with van der Waals surface area (Å²) in [5.41, 5.74) is 0.586. The maximum Gasteiger partial charge on any atom is 0.231 e. The van der Waals surface area contributed by atoms with E-state index in [1.165, 1.54) is 25.6 Å². The molecule has 2 aliphatic heterocycles. The summed E-state index contributed by atoms with van der Waals surface area (Å²) in [4.78, 5) is 10.7. The van der Waals surface area contributed by atoms with Crippen LogP contribution >= 0.6 is 22.6 Å². The molecule has 0 radical (unpaired) electrons. The van der Waals surface area contributed by atoms with Crippen molar-refractivity contribution in [3.05, 3.63) is 36.4 Å². The molecule has 34 heavy (non-hydrogen) atoms. The van der Waals surface area contributed by atoms with Gasteiger partial charge in [0.25, 0.3) is 0 Å². The van der Waals surface area contributed by atoms with Crippen molar-refractivity contribution in [1.82, 2.24) is 14.9 Å². The predicted octanol–water partition coefficient (Wildman–Crippen LogP) is 4.82. The summed E-state index contributed by atoms with van der Waals surface area (Å²) in [6.07, 6.45) is 1.16. The van der Waals surface area contributed by atoms with Gasteiger partial charge in [-0.05, 0) is 41.3 Å². The molecule has 0 aliphatic carbocycles. The average molecular weight is 584 g/mol. The number of ether oxygens (including phenoxy) is 4. The molecule has 2 aliphatic rings. The topological polar surface area (TPSA) is 78.0 Å². The minimum atomic E-state index is -1.60. The lowest BCUT2D eigenvalue weighted by Crippen LogP contribution is -2.52. The highest BCUT2D eigenvalue weighted by molar-refractivity contribution is 14.1. The third-order valence-electron chi connectivity index (χ3n) is 5.97. The van der Waals surface area contributed by atoms with Crippen LogP contribution in [0.2, 0.25) is 0 Å². The molecule has 1 aromatic heterocycles. The number of aromatic nitrogens is 2. The number of piperidine rings is 1. The Morgan fingerprint density at radius 1 is 1.29 bits per heavy atom. The zero-order valence-electron chi connectivity index (χ0n) is 18.6. The molecule has 5 rings (SSSR count). The second-order valence-corrected chi connectivity index (χ2v) is 9.84. The highest BCUT2D eigenvalue weighted by Gasteiger charge is 2.43. The summed E-state index contributed by atoms with van der Waals surface area (Å²) in [6, 6.07) is 6.17. The molecule has 2 atom stereocenters. The van der Waals surface area contributed by atoms with Crippen molar-refractivity contribution in [2.24, 2.45) is 0 Å². The molecule has 11 heteroatoms. The van der Waals surface area contributed by atoms with Gasteiger partial charge in [0.2, 0.25) is 10.5 Å². The Kier molecular flexibility index (Phi) is 6.23. The van der Waals surface area contributed by atoms with Crippen molar-refractivity contribution in [3.8, 4) is 23.0 Å². The third-order valence-corrected chi connectivity index (χ3v) is 7.01. The van der Waals surface area contributed by atoms with Crippen molar-refractivity contribution in [3.63, 3.8) is 0 Å². The molecular formula is C23H23F2IN4O4. The van der Waals surface area contributed by atoms with Crippen LogP contribution in [-0.2, 0) is 0 Å². The maximum atomic E-state index is 15.6. The first-order valence-corrected chi connectivity index (χ1v) is 11.9. The van der Waals surface area contributed by atoms with E-state index in [-0.39, 0.29) is 30.6 Å². The van der Waals surface area contributed by atoms with E-state index in [1.54, 1.807) is 12.1 Å². The number of nitrogens with zero attached hydrogens (tertiary/aromatic N) is 3. The molecule has 2 unspecified atom stereocenters. The quantitative estimate of drug-likeness (QED) is 0.327. The fourth-order valence-corrected chi connectivity index (χ4v) is 5.10. The molecule has 8 nitrogen and oxygen atoms in total. The number of likely N-dealkylation sites (tertiary alicyclic amines) is 1. The van der Waals surface area contributed by atoms with E-state index in [9.17, 15) is 4.39 Å². The van der Waals surface area contributed by atoms with E-state index in [0.29, 0.717) is 34.6 Å². The summed E-state index contributed by atoms with van der Waals surface area (Å²) in [5, 5.41) is 3.49. The van der Waals surface area contributed by atoms with Crippen LogP contribution in [0.25, 0.3) is 10.9 Å². The van der Waals surface area contributed by atoms with E-state index in [0.717, 1.165) is 13.1 Å². The van der Waals surface area contributed by atoms with Gasteiger partial charge in [-0.15, -0.1) is 0 Å². The number of nitrogens with one attached hydrogen (secondary N) is 1. The Morgan fingerprint density at radius 2 is 2.15 bits per heavy atom. The van der Waals surface area contributed by atoms with E-state index >= 15 is 4.39 Å². The molecule has 0 amide bonds. The molecule has 2 aromatic carbocycles. The summed E-state index contributed by atoms with van der Waals surface area (Å²) in [6.45, 7) is 3.75. The number of benzene rings is 2. The van der Waals surface area contributed by atoms with Crippen molar-refractivity contribution < 1.29 is 27.7 Å². The fourth-order valence-electron chi connectivity index (χ4n) is 4.18. The Bertz CT molecular complexity index is 1230. The van der Waals surface area contributed by atoms with Crippen LogP contribution in [-0.4, -0.2) is 58.2 Å². The lowest BCUT2D eigenvalue weighted by Gasteiger charge is -2.39. The summed E-state index contributed by atoms with van der Waals surface area (Å²) >= 11 is 1.82. The van der Waals surface area contributed by atoms with E-state index in [2.05, 4.69) is 15.3 Å². The molecular weight excluding hydrogens is 561 g/mol. The maximum absolute atomic E-state index is 15.6. The average Bonchev–Trinajstić information content (AvgIpc) is 3.30. The highest BCUT2D eigenvalue weighted by atomic mass is 127. The van der Waals surface area contributed by atoms with Crippen LogP contribution in [0.4, 0.5) is 20.3 Å². The second kappa shape index (κ2) is 9.17. The number of rotatable bonds is 6. The Hall–Kier alpha value is -2.67. The van der Waals surface area contributed by atoms with Gasteiger partial charge in [0.05, 0.1) is 18.0 Å². The number of anilines is 2. The van der Waals surface area contributed by atoms with Gasteiger partial charge in [-0.2, -0.15) is 0 Å². The molecule has 3 aromatic rings. The first kappa shape index (κ1) is 23.1. The summed E-state index contributed by atoms with van der Waals surface area (Å²) < 4.78 is 51.2. The Labute approximate surface area is 208 Å². The monoisotopic (exact) mass is 584 g/mol. The van der Waals surface area contributed by atoms with Crippen LogP contribution in [0.5, 0.6) is 23.0 Å². The normalized spacial score (nSPS) is 22.1.